The minimum Gasteiger partial charge on any atom is -0.278 e. The maximum atomic E-state index is 11.1. The molecule has 1 aromatic heterocycles. The summed E-state index contributed by atoms with van der Waals surface area (Å²) < 4.78 is 3.69. The first-order valence-electron chi connectivity index (χ1n) is 3.61. The summed E-state index contributed by atoms with van der Waals surface area (Å²) in [6, 6.07) is 0. The highest BCUT2D eigenvalue weighted by Crippen LogP contribution is 2.12. The molecule has 0 aliphatic carbocycles. The summed E-state index contributed by atoms with van der Waals surface area (Å²) in [7, 11) is 0. The Hall–Kier alpha value is -1.21. The first kappa shape index (κ1) is 8.88. The van der Waals surface area contributed by atoms with Crippen LogP contribution in [0.5, 0.6) is 0 Å². The SMILES string of the molecule is C#CC(=O)c1snnc1CCC. The zero-order chi connectivity index (χ0) is 8.97. The van der Waals surface area contributed by atoms with E-state index < -0.39 is 0 Å². The lowest BCUT2D eigenvalue weighted by atomic mass is 10.2. The van der Waals surface area contributed by atoms with Crippen molar-refractivity contribution >= 4 is 17.3 Å². The maximum absolute atomic E-state index is 11.1. The number of Topliss-reactive ketones (excluding diaryl/α,β-unsaturated/α-hetero) is 1. The lowest BCUT2D eigenvalue weighted by Gasteiger charge is -1.91. The van der Waals surface area contributed by atoms with E-state index in [1.54, 1.807) is 0 Å². The second-order valence-corrected chi connectivity index (χ2v) is 3.03. The summed E-state index contributed by atoms with van der Waals surface area (Å²) in [6.07, 6.45) is 6.68. The molecule has 0 spiro atoms. The third kappa shape index (κ3) is 1.69. The van der Waals surface area contributed by atoms with E-state index >= 15 is 0 Å². The molecule has 62 valence electrons. The van der Waals surface area contributed by atoms with Crippen molar-refractivity contribution in [1.29, 1.82) is 0 Å². The van der Waals surface area contributed by atoms with Gasteiger partial charge in [0.2, 0.25) is 5.78 Å². The third-order valence-corrected chi connectivity index (χ3v) is 2.15. The molecule has 0 saturated carbocycles. The molecule has 0 saturated heterocycles. The van der Waals surface area contributed by atoms with E-state index in [1.165, 1.54) is 0 Å². The van der Waals surface area contributed by atoms with Gasteiger partial charge in [-0.1, -0.05) is 17.8 Å². The highest BCUT2D eigenvalue weighted by molar-refractivity contribution is 7.08. The zero-order valence-corrected chi connectivity index (χ0v) is 7.52. The van der Waals surface area contributed by atoms with E-state index in [9.17, 15) is 4.79 Å². The van der Waals surface area contributed by atoms with Gasteiger partial charge in [0.1, 0.15) is 4.88 Å². The summed E-state index contributed by atoms with van der Waals surface area (Å²) >= 11 is 1.07. The topological polar surface area (TPSA) is 42.9 Å². The molecular formula is C8H8N2OS. The van der Waals surface area contributed by atoms with Crippen molar-refractivity contribution in [2.75, 3.05) is 0 Å². The molecule has 0 fully saturated rings. The molecule has 1 aromatic rings. The first-order valence-corrected chi connectivity index (χ1v) is 4.39. The number of nitrogens with zero attached hydrogens (tertiary/aromatic N) is 2. The third-order valence-electron chi connectivity index (χ3n) is 1.38. The number of terminal acetylenes is 1. The molecular weight excluding hydrogens is 172 g/mol. The van der Waals surface area contributed by atoms with Crippen LogP contribution in [0.3, 0.4) is 0 Å². The molecule has 0 bridgehead atoms. The second-order valence-electron chi connectivity index (χ2n) is 2.27. The largest absolute Gasteiger partial charge is 0.278 e. The van der Waals surface area contributed by atoms with Gasteiger partial charge in [0.05, 0.1) is 5.69 Å². The van der Waals surface area contributed by atoms with Crippen molar-refractivity contribution in [3.63, 3.8) is 0 Å². The molecule has 0 aliphatic heterocycles. The van der Waals surface area contributed by atoms with Gasteiger partial charge in [-0.15, -0.1) is 11.5 Å². The summed E-state index contributed by atoms with van der Waals surface area (Å²) in [5.74, 6) is 1.75. The molecule has 1 rings (SSSR count). The number of rotatable bonds is 3. The van der Waals surface area contributed by atoms with Gasteiger partial charge in [-0.05, 0) is 23.9 Å². The average molecular weight is 180 g/mol. The second kappa shape index (κ2) is 3.98. The number of aromatic nitrogens is 2. The molecule has 12 heavy (non-hydrogen) atoms. The van der Waals surface area contributed by atoms with Crippen molar-refractivity contribution in [3.8, 4) is 12.3 Å². The monoisotopic (exact) mass is 180 g/mol. The normalized spacial score (nSPS) is 9.33. The standard InChI is InChI=1S/C8H8N2OS/c1-3-5-6-8(7(11)4-2)12-10-9-6/h2H,3,5H2,1H3. The predicted molar refractivity (Wildman–Crippen MR) is 47.1 cm³/mol. The molecule has 0 aliphatic rings. The van der Waals surface area contributed by atoms with E-state index in [1.807, 2.05) is 6.92 Å². The van der Waals surface area contributed by atoms with E-state index in [4.69, 9.17) is 6.42 Å². The average Bonchev–Trinajstić information content (AvgIpc) is 2.52. The number of ketones is 1. The van der Waals surface area contributed by atoms with Crippen molar-refractivity contribution in [3.05, 3.63) is 10.6 Å². The fourth-order valence-corrected chi connectivity index (χ4v) is 1.46. The maximum Gasteiger partial charge on any atom is 0.249 e. The molecule has 0 aromatic carbocycles. The Balaban J connectivity index is 2.93. The van der Waals surface area contributed by atoms with E-state index in [0.29, 0.717) is 4.88 Å². The van der Waals surface area contributed by atoms with Crippen molar-refractivity contribution < 1.29 is 4.79 Å². The van der Waals surface area contributed by atoms with Crippen molar-refractivity contribution in [2.24, 2.45) is 0 Å². The fourth-order valence-electron chi connectivity index (χ4n) is 0.847. The van der Waals surface area contributed by atoms with Crippen LogP contribution in [0, 0.1) is 12.3 Å². The Morgan fingerprint density at radius 3 is 3.08 bits per heavy atom. The molecule has 3 nitrogen and oxygen atoms in total. The predicted octanol–water partition coefficient (Wildman–Crippen LogP) is 1.31. The first-order chi connectivity index (χ1) is 5.79. The van der Waals surface area contributed by atoms with Gasteiger partial charge < -0.3 is 0 Å². The van der Waals surface area contributed by atoms with Crippen LogP contribution in [0.15, 0.2) is 0 Å². The number of hydrogen-bond acceptors (Lipinski definition) is 4. The highest BCUT2D eigenvalue weighted by atomic mass is 32.1. The quantitative estimate of drug-likeness (QED) is 0.400. The summed E-state index contributed by atoms with van der Waals surface area (Å²) in [5.41, 5.74) is 0.727. The van der Waals surface area contributed by atoms with Crippen molar-refractivity contribution in [1.82, 2.24) is 9.59 Å². The molecule has 0 radical (unpaired) electrons. The molecule has 0 amide bonds. The Morgan fingerprint density at radius 1 is 1.75 bits per heavy atom. The molecule has 4 heteroatoms. The van der Waals surface area contributed by atoms with Gasteiger partial charge >= 0.3 is 0 Å². The van der Waals surface area contributed by atoms with E-state index in [-0.39, 0.29) is 5.78 Å². The Morgan fingerprint density at radius 2 is 2.50 bits per heavy atom. The number of carbonyl (C=O) groups is 1. The van der Waals surface area contributed by atoms with Gasteiger partial charge in [0.15, 0.2) is 0 Å². The molecule has 0 unspecified atom stereocenters. The van der Waals surface area contributed by atoms with Crippen LogP contribution in [0.1, 0.15) is 28.7 Å². The van der Waals surface area contributed by atoms with Gasteiger partial charge in [-0.3, -0.25) is 4.79 Å². The molecule has 0 atom stereocenters. The molecule has 1 heterocycles. The van der Waals surface area contributed by atoms with Gasteiger partial charge in [-0.25, -0.2) is 0 Å². The van der Waals surface area contributed by atoms with E-state index in [2.05, 4.69) is 15.5 Å². The van der Waals surface area contributed by atoms with Crippen molar-refractivity contribution in [2.45, 2.75) is 19.8 Å². The number of aryl methyl sites for hydroxylation is 1. The smallest absolute Gasteiger partial charge is 0.249 e. The lowest BCUT2D eigenvalue weighted by Crippen LogP contribution is -1.97. The van der Waals surface area contributed by atoms with Crippen LogP contribution in [0.2, 0.25) is 0 Å². The fraction of sp³-hybridized carbons (Fsp3) is 0.375. The lowest BCUT2D eigenvalue weighted by molar-refractivity contribution is 0.105. The van der Waals surface area contributed by atoms with Crippen LogP contribution in [-0.4, -0.2) is 15.4 Å². The Kier molecular flexibility index (Phi) is 2.94. The van der Waals surface area contributed by atoms with Crippen LogP contribution in [0.4, 0.5) is 0 Å². The zero-order valence-electron chi connectivity index (χ0n) is 6.70. The summed E-state index contributed by atoms with van der Waals surface area (Å²) in [4.78, 5) is 11.6. The van der Waals surface area contributed by atoms with Gasteiger partial charge in [-0.2, -0.15) is 0 Å². The summed E-state index contributed by atoms with van der Waals surface area (Å²) in [6.45, 7) is 2.02. The van der Waals surface area contributed by atoms with Crippen LogP contribution >= 0.6 is 11.5 Å². The van der Waals surface area contributed by atoms with Crippen LogP contribution in [-0.2, 0) is 6.42 Å². The minimum absolute atomic E-state index is 0.312. The number of carbonyl (C=O) groups excluding carboxylic acids is 1. The van der Waals surface area contributed by atoms with Crippen LogP contribution in [0.25, 0.3) is 0 Å². The molecule has 0 N–H and O–H groups in total. The minimum atomic E-state index is -0.312. The van der Waals surface area contributed by atoms with E-state index in [0.717, 1.165) is 30.1 Å². The Labute approximate surface area is 75.0 Å². The van der Waals surface area contributed by atoms with Gasteiger partial charge in [0.25, 0.3) is 0 Å². The number of hydrogen-bond donors (Lipinski definition) is 0. The highest BCUT2D eigenvalue weighted by Gasteiger charge is 2.12. The summed E-state index contributed by atoms with van der Waals surface area (Å²) in [5, 5.41) is 3.83. The van der Waals surface area contributed by atoms with Gasteiger partial charge in [0, 0.05) is 0 Å². The Bertz CT molecular complexity index is 324. The van der Waals surface area contributed by atoms with Crippen LogP contribution < -0.4 is 0 Å².